The largest absolute Gasteiger partial charge is 0.463 e. The van der Waals surface area contributed by atoms with Crippen molar-refractivity contribution in [3.8, 4) is 0 Å². The minimum atomic E-state index is -0.455. The zero-order valence-electron chi connectivity index (χ0n) is 8.41. The van der Waals surface area contributed by atoms with Gasteiger partial charge >= 0.3 is 11.9 Å². The molecule has 0 heterocycles. The highest BCUT2D eigenvalue weighted by Crippen LogP contribution is 2.00. The van der Waals surface area contributed by atoms with Gasteiger partial charge in [-0.2, -0.15) is 0 Å². The van der Waals surface area contributed by atoms with Crippen LogP contribution in [0.25, 0.3) is 0 Å². The van der Waals surface area contributed by atoms with Crippen LogP contribution in [0.1, 0.15) is 20.3 Å². The van der Waals surface area contributed by atoms with Gasteiger partial charge in [-0.15, -0.1) is 0 Å². The van der Waals surface area contributed by atoms with Crippen molar-refractivity contribution in [1.82, 2.24) is 0 Å². The van der Waals surface area contributed by atoms with Crippen LogP contribution < -0.4 is 0 Å². The molecule has 78 valence electrons. The smallest absolute Gasteiger partial charge is 0.333 e. The van der Waals surface area contributed by atoms with E-state index in [-0.39, 0.29) is 6.42 Å². The van der Waals surface area contributed by atoms with Crippen molar-refractivity contribution in [2.24, 2.45) is 0 Å². The van der Waals surface area contributed by atoms with Crippen LogP contribution in [0.3, 0.4) is 0 Å². The summed E-state index contributed by atoms with van der Waals surface area (Å²) in [5.74, 6) is -0.873. The molecule has 0 saturated carbocycles. The molecule has 14 heavy (non-hydrogen) atoms. The number of rotatable bonds is 5. The summed E-state index contributed by atoms with van der Waals surface area (Å²) in [7, 11) is 0. The molecule has 0 atom stereocenters. The first-order valence-corrected chi connectivity index (χ1v) is 4.26. The van der Waals surface area contributed by atoms with E-state index >= 15 is 0 Å². The van der Waals surface area contributed by atoms with E-state index in [1.165, 1.54) is 6.08 Å². The fourth-order valence-corrected chi connectivity index (χ4v) is 0.706. The van der Waals surface area contributed by atoms with Crippen molar-refractivity contribution in [2.75, 3.05) is 6.61 Å². The van der Waals surface area contributed by atoms with Crippen molar-refractivity contribution < 1.29 is 19.1 Å². The second kappa shape index (κ2) is 6.88. The van der Waals surface area contributed by atoms with Gasteiger partial charge < -0.3 is 9.47 Å². The maximum Gasteiger partial charge on any atom is 0.333 e. The molecule has 0 rings (SSSR count). The topological polar surface area (TPSA) is 52.6 Å². The van der Waals surface area contributed by atoms with Crippen LogP contribution in [0, 0.1) is 0 Å². The lowest BCUT2D eigenvalue weighted by Gasteiger charge is -2.00. The number of hydrogen-bond donors (Lipinski definition) is 0. The van der Waals surface area contributed by atoms with E-state index in [0.29, 0.717) is 12.2 Å². The van der Waals surface area contributed by atoms with Crippen LogP contribution >= 0.6 is 0 Å². The molecule has 0 fully saturated rings. The zero-order chi connectivity index (χ0) is 11.0. The van der Waals surface area contributed by atoms with Gasteiger partial charge in [0.05, 0.1) is 19.3 Å². The molecule has 0 aliphatic heterocycles. The van der Waals surface area contributed by atoms with Gasteiger partial charge in [-0.3, -0.25) is 4.79 Å². The second-order valence-electron chi connectivity index (χ2n) is 2.47. The van der Waals surface area contributed by atoms with Gasteiger partial charge in [0.25, 0.3) is 0 Å². The lowest BCUT2D eigenvalue weighted by atomic mass is 10.2. The maximum absolute atomic E-state index is 11.1. The zero-order valence-corrected chi connectivity index (χ0v) is 8.41. The molecule has 0 N–H and O–H groups in total. The Labute approximate surface area is 83.2 Å². The van der Waals surface area contributed by atoms with E-state index in [1.54, 1.807) is 13.8 Å². The number of esters is 2. The Morgan fingerprint density at radius 2 is 2.07 bits per heavy atom. The monoisotopic (exact) mass is 198 g/mol. The molecule has 4 nitrogen and oxygen atoms in total. The Morgan fingerprint density at radius 1 is 1.43 bits per heavy atom. The SMILES string of the molecule is C=COC(=O)C/C=C(\C)C(=O)OCC. The predicted molar refractivity (Wildman–Crippen MR) is 51.3 cm³/mol. The Kier molecular flexibility index (Phi) is 6.11. The van der Waals surface area contributed by atoms with Crippen molar-refractivity contribution in [3.05, 3.63) is 24.5 Å². The van der Waals surface area contributed by atoms with Crippen LogP contribution in [-0.4, -0.2) is 18.5 Å². The number of carbonyl (C=O) groups is 2. The average Bonchev–Trinajstić information content (AvgIpc) is 2.15. The van der Waals surface area contributed by atoms with Gasteiger partial charge in [0.1, 0.15) is 0 Å². The Morgan fingerprint density at radius 3 is 2.57 bits per heavy atom. The normalized spacial score (nSPS) is 10.6. The first-order valence-electron chi connectivity index (χ1n) is 4.26. The molecule has 0 aromatic heterocycles. The highest BCUT2D eigenvalue weighted by Gasteiger charge is 2.05. The summed E-state index contributed by atoms with van der Waals surface area (Å²) in [6.45, 7) is 6.86. The highest BCUT2D eigenvalue weighted by atomic mass is 16.5. The molecule has 0 spiro atoms. The standard InChI is InChI=1S/C10H14O4/c1-4-13-9(11)7-6-8(3)10(12)14-5-2/h4,6H,1,5,7H2,2-3H3/b8-6+. The number of carbonyl (C=O) groups excluding carboxylic acids is 2. The van der Waals surface area contributed by atoms with Crippen LogP contribution in [0.15, 0.2) is 24.5 Å². The summed E-state index contributed by atoms with van der Waals surface area (Å²) in [6, 6.07) is 0. The van der Waals surface area contributed by atoms with Gasteiger partial charge in [-0.05, 0) is 13.8 Å². The third-order valence-corrected chi connectivity index (χ3v) is 1.39. The number of hydrogen-bond acceptors (Lipinski definition) is 4. The summed E-state index contributed by atoms with van der Waals surface area (Å²) in [6.07, 6.45) is 2.55. The first kappa shape index (κ1) is 12.4. The summed E-state index contributed by atoms with van der Waals surface area (Å²) in [4.78, 5) is 21.9. The van der Waals surface area contributed by atoms with Crippen molar-refractivity contribution in [2.45, 2.75) is 20.3 Å². The first-order chi connectivity index (χ1) is 6.61. The minimum absolute atomic E-state index is 0.0384. The third-order valence-electron chi connectivity index (χ3n) is 1.39. The van der Waals surface area contributed by atoms with Gasteiger partial charge in [-0.1, -0.05) is 12.7 Å². The molecule has 0 aromatic carbocycles. The lowest BCUT2D eigenvalue weighted by Crippen LogP contribution is -2.06. The fourth-order valence-electron chi connectivity index (χ4n) is 0.706. The summed E-state index contributed by atoms with van der Waals surface area (Å²) < 4.78 is 9.18. The van der Waals surface area contributed by atoms with Gasteiger partial charge in [0.15, 0.2) is 0 Å². The van der Waals surface area contributed by atoms with Crippen LogP contribution in [0.4, 0.5) is 0 Å². The molecule has 0 radical (unpaired) electrons. The van der Waals surface area contributed by atoms with Gasteiger partial charge in [0, 0.05) is 5.57 Å². The number of ether oxygens (including phenoxy) is 2. The molecule has 0 amide bonds. The van der Waals surface area contributed by atoms with Crippen LogP contribution in [-0.2, 0) is 19.1 Å². The Bertz CT molecular complexity index is 253. The third kappa shape index (κ3) is 5.13. The van der Waals surface area contributed by atoms with Crippen molar-refractivity contribution >= 4 is 11.9 Å². The molecular weight excluding hydrogens is 184 g/mol. The fraction of sp³-hybridized carbons (Fsp3) is 0.400. The molecule has 0 aromatic rings. The Hall–Kier alpha value is -1.58. The summed E-state index contributed by atoms with van der Waals surface area (Å²) in [5.41, 5.74) is 0.396. The predicted octanol–water partition coefficient (Wildman–Crippen LogP) is 1.57. The van der Waals surface area contributed by atoms with Crippen molar-refractivity contribution in [1.29, 1.82) is 0 Å². The quantitative estimate of drug-likeness (QED) is 0.382. The van der Waals surface area contributed by atoms with E-state index in [4.69, 9.17) is 4.74 Å². The lowest BCUT2D eigenvalue weighted by molar-refractivity contribution is -0.138. The molecule has 0 unspecified atom stereocenters. The highest BCUT2D eigenvalue weighted by molar-refractivity contribution is 5.88. The van der Waals surface area contributed by atoms with Crippen LogP contribution in [0.2, 0.25) is 0 Å². The van der Waals surface area contributed by atoms with E-state index < -0.39 is 11.9 Å². The van der Waals surface area contributed by atoms with Gasteiger partial charge in [-0.25, -0.2) is 4.79 Å². The van der Waals surface area contributed by atoms with Crippen LogP contribution in [0.5, 0.6) is 0 Å². The second-order valence-corrected chi connectivity index (χ2v) is 2.47. The average molecular weight is 198 g/mol. The molecule has 0 saturated heterocycles. The molecule has 0 aliphatic rings. The Balaban J connectivity index is 4.04. The molecule has 4 heteroatoms. The van der Waals surface area contributed by atoms with E-state index in [9.17, 15) is 9.59 Å². The maximum atomic E-state index is 11.1. The summed E-state index contributed by atoms with van der Waals surface area (Å²) in [5, 5.41) is 0. The van der Waals surface area contributed by atoms with E-state index in [0.717, 1.165) is 6.26 Å². The van der Waals surface area contributed by atoms with Crippen molar-refractivity contribution in [3.63, 3.8) is 0 Å². The molecule has 0 bridgehead atoms. The minimum Gasteiger partial charge on any atom is -0.463 e. The van der Waals surface area contributed by atoms with E-state index in [1.807, 2.05) is 0 Å². The summed E-state index contributed by atoms with van der Waals surface area (Å²) >= 11 is 0. The molecule has 0 aliphatic carbocycles. The molecular formula is C10H14O4. The van der Waals surface area contributed by atoms with Gasteiger partial charge in [0.2, 0.25) is 0 Å². The van der Waals surface area contributed by atoms with E-state index in [2.05, 4.69) is 11.3 Å².